The van der Waals surface area contributed by atoms with E-state index >= 15 is 0 Å². The molecule has 7 nitrogen and oxygen atoms in total. The largest absolute Gasteiger partial charge is 0.504 e. The lowest BCUT2D eigenvalue weighted by molar-refractivity contribution is -0.139. The van der Waals surface area contributed by atoms with E-state index < -0.39 is 5.92 Å². The number of rotatable bonds is 4. The molecule has 0 radical (unpaired) electrons. The van der Waals surface area contributed by atoms with Crippen LogP contribution in [0.5, 0.6) is 11.5 Å². The molecule has 170 valence electrons. The summed E-state index contributed by atoms with van der Waals surface area (Å²) in [6.45, 7) is 6.81. The third-order valence-electron chi connectivity index (χ3n) is 6.42. The average molecular weight is 446 g/mol. The highest BCUT2D eigenvalue weighted by Gasteiger charge is 2.41. The van der Waals surface area contributed by atoms with Crippen molar-refractivity contribution in [3.8, 4) is 11.5 Å². The fraction of sp³-hybridized carbons (Fsp3) is 0.308. The maximum atomic E-state index is 13.5. The van der Waals surface area contributed by atoms with Crippen molar-refractivity contribution in [1.29, 1.82) is 0 Å². The van der Waals surface area contributed by atoms with E-state index in [-0.39, 0.29) is 24.1 Å². The SMILES string of the molecule is COc1cc([C@H]2C3=C(CN(C(C)=O)C3=O)Nc3cccc4c3c2cn4CC(C)C)ccc1O. The molecule has 0 saturated carbocycles. The molecule has 2 amide bonds. The molecular formula is C26H27N3O4. The number of ether oxygens (including phenoxy) is 1. The third-order valence-corrected chi connectivity index (χ3v) is 6.42. The molecule has 33 heavy (non-hydrogen) atoms. The second-order valence-corrected chi connectivity index (χ2v) is 9.12. The van der Waals surface area contributed by atoms with Crippen LogP contribution in [-0.2, 0) is 16.1 Å². The first kappa shape index (κ1) is 21.1. The van der Waals surface area contributed by atoms with Crippen LogP contribution in [0, 0.1) is 5.92 Å². The van der Waals surface area contributed by atoms with Crippen LogP contribution >= 0.6 is 0 Å². The third kappa shape index (κ3) is 3.26. The molecule has 2 aliphatic heterocycles. The number of nitrogens with zero attached hydrogens (tertiary/aromatic N) is 2. The van der Waals surface area contributed by atoms with E-state index in [2.05, 4.69) is 36.0 Å². The summed E-state index contributed by atoms with van der Waals surface area (Å²) in [7, 11) is 1.50. The summed E-state index contributed by atoms with van der Waals surface area (Å²) in [5.74, 6) is -0.179. The number of phenolic OH excluding ortho intramolecular Hbond substituents is 1. The van der Waals surface area contributed by atoms with E-state index in [9.17, 15) is 14.7 Å². The molecular weight excluding hydrogens is 418 g/mol. The summed E-state index contributed by atoms with van der Waals surface area (Å²) < 4.78 is 7.60. The standard InChI is InChI=1S/C26H27N3O4/c1-14(2)11-28-12-17-23(16-8-9-21(31)22(10-16)33-4)25-19(13-29(15(3)30)26(25)32)27-18-6-5-7-20(28)24(17)18/h5-10,12,14,23,27,31H,11,13H2,1-4H3/t23-/m1/s1. The van der Waals surface area contributed by atoms with Gasteiger partial charge in [-0.05, 0) is 41.3 Å². The highest BCUT2D eigenvalue weighted by Crippen LogP contribution is 2.47. The van der Waals surface area contributed by atoms with Crippen molar-refractivity contribution in [2.45, 2.75) is 33.2 Å². The number of phenols is 1. The predicted octanol–water partition coefficient (Wildman–Crippen LogP) is 4.21. The second-order valence-electron chi connectivity index (χ2n) is 9.12. The van der Waals surface area contributed by atoms with E-state index in [1.165, 1.54) is 18.9 Å². The zero-order valence-corrected chi connectivity index (χ0v) is 19.2. The maximum absolute atomic E-state index is 13.5. The van der Waals surface area contributed by atoms with E-state index in [4.69, 9.17) is 4.74 Å². The van der Waals surface area contributed by atoms with Crippen molar-refractivity contribution in [1.82, 2.24) is 9.47 Å². The number of hydrogen-bond acceptors (Lipinski definition) is 5. The summed E-state index contributed by atoms with van der Waals surface area (Å²) in [6, 6.07) is 11.3. The quantitative estimate of drug-likeness (QED) is 0.629. The molecule has 0 fully saturated rings. The molecule has 0 aliphatic carbocycles. The van der Waals surface area contributed by atoms with Crippen LogP contribution in [0.15, 0.2) is 53.9 Å². The second kappa shape index (κ2) is 7.69. The highest BCUT2D eigenvalue weighted by atomic mass is 16.5. The van der Waals surface area contributed by atoms with Gasteiger partial charge in [0.25, 0.3) is 5.91 Å². The molecule has 0 bridgehead atoms. The molecule has 0 saturated heterocycles. The van der Waals surface area contributed by atoms with E-state index in [1.54, 1.807) is 12.1 Å². The maximum Gasteiger partial charge on any atom is 0.259 e. The molecule has 2 N–H and O–H groups in total. The van der Waals surface area contributed by atoms with E-state index in [1.807, 2.05) is 18.2 Å². The first-order valence-electron chi connectivity index (χ1n) is 11.1. The number of anilines is 1. The summed E-state index contributed by atoms with van der Waals surface area (Å²) in [6.07, 6.45) is 2.12. The number of carbonyl (C=O) groups excluding carboxylic acids is 2. The Morgan fingerprint density at radius 3 is 2.76 bits per heavy atom. The summed E-state index contributed by atoms with van der Waals surface area (Å²) in [5, 5.41) is 14.7. The Morgan fingerprint density at radius 1 is 1.27 bits per heavy atom. The van der Waals surface area contributed by atoms with Gasteiger partial charge < -0.3 is 19.7 Å². The van der Waals surface area contributed by atoms with Gasteiger partial charge in [-0.25, -0.2) is 0 Å². The molecule has 0 spiro atoms. The van der Waals surface area contributed by atoms with Gasteiger partial charge in [-0.1, -0.05) is 26.0 Å². The number of hydrogen-bond donors (Lipinski definition) is 2. The van der Waals surface area contributed by atoms with Gasteiger partial charge in [0.2, 0.25) is 5.91 Å². The van der Waals surface area contributed by atoms with Gasteiger partial charge >= 0.3 is 0 Å². The van der Waals surface area contributed by atoms with Crippen molar-refractivity contribution in [2.24, 2.45) is 5.92 Å². The minimum absolute atomic E-state index is 0.0354. The number of benzene rings is 2. The molecule has 1 aromatic heterocycles. The van der Waals surface area contributed by atoms with Gasteiger partial charge in [-0.3, -0.25) is 14.5 Å². The molecule has 3 aromatic rings. The van der Waals surface area contributed by atoms with Crippen molar-refractivity contribution < 1.29 is 19.4 Å². The van der Waals surface area contributed by atoms with Crippen LogP contribution in [-0.4, -0.2) is 40.0 Å². The Hall–Kier alpha value is -3.74. The van der Waals surface area contributed by atoms with Crippen LogP contribution < -0.4 is 10.1 Å². The minimum atomic E-state index is -0.418. The highest BCUT2D eigenvalue weighted by molar-refractivity contribution is 6.11. The zero-order valence-electron chi connectivity index (χ0n) is 19.2. The molecule has 2 aliphatic rings. The lowest BCUT2D eigenvalue weighted by atomic mass is 9.84. The number of nitrogens with one attached hydrogen (secondary N) is 1. The summed E-state index contributed by atoms with van der Waals surface area (Å²) in [5.41, 5.74) is 5.10. The van der Waals surface area contributed by atoms with E-state index in [0.29, 0.717) is 17.2 Å². The lowest BCUT2D eigenvalue weighted by Gasteiger charge is -2.20. The number of aromatic nitrogens is 1. The summed E-state index contributed by atoms with van der Waals surface area (Å²) >= 11 is 0. The number of amides is 2. The van der Waals surface area contributed by atoms with Crippen LogP contribution in [0.25, 0.3) is 10.9 Å². The van der Waals surface area contributed by atoms with Crippen LogP contribution in [0.2, 0.25) is 0 Å². The Morgan fingerprint density at radius 2 is 2.06 bits per heavy atom. The van der Waals surface area contributed by atoms with Gasteiger partial charge in [0, 0.05) is 42.4 Å². The van der Waals surface area contributed by atoms with Gasteiger partial charge in [0.05, 0.1) is 24.7 Å². The van der Waals surface area contributed by atoms with Crippen LogP contribution in [0.3, 0.4) is 0 Å². The monoisotopic (exact) mass is 445 g/mol. The summed E-state index contributed by atoms with van der Waals surface area (Å²) in [4.78, 5) is 27.0. The topological polar surface area (TPSA) is 83.8 Å². The normalized spacial score (nSPS) is 17.4. The van der Waals surface area contributed by atoms with E-state index in [0.717, 1.165) is 40.0 Å². The van der Waals surface area contributed by atoms with Crippen molar-refractivity contribution in [2.75, 3.05) is 19.0 Å². The number of imide groups is 1. The van der Waals surface area contributed by atoms with Gasteiger partial charge in [0.1, 0.15) is 0 Å². The number of carbonyl (C=O) groups is 2. The molecule has 0 unspecified atom stereocenters. The Labute approximate surface area is 192 Å². The molecule has 3 heterocycles. The zero-order chi connectivity index (χ0) is 23.4. The Bertz CT molecular complexity index is 1330. The number of aromatic hydroxyl groups is 1. The number of methoxy groups -OCH3 is 1. The fourth-order valence-corrected chi connectivity index (χ4v) is 5.04. The van der Waals surface area contributed by atoms with Crippen molar-refractivity contribution >= 4 is 28.4 Å². The van der Waals surface area contributed by atoms with Crippen molar-refractivity contribution in [3.05, 3.63) is 65.0 Å². The Balaban J connectivity index is 1.80. The first-order valence-corrected chi connectivity index (χ1v) is 11.1. The molecule has 5 rings (SSSR count). The van der Waals surface area contributed by atoms with Crippen molar-refractivity contribution in [3.63, 3.8) is 0 Å². The van der Waals surface area contributed by atoms with Gasteiger partial charge in [-0.15, -0.1) is 0 Å². The molecule has 2 aromatic carbocycles. The smallest absolute Gasteiger partial charge is 0.259 e. The molecule has 7 heteroatoms. The van der Waals surface area contributed by atoms with Gasteiger partial charge in [0.15, 0.2) is 11.5 Å². The predicted molar refractivity (Wildman–Crippen MR) is 126 cm³/mol. The lowest BCUT2D eigenvalue weighted by Crippen LogP contribution is -2.33. The average Bonchev–Trinajstić information content (AvgIpc) is 3.24. The Kier molecular flexibility index (Phi) is 4.92. The minimum Gasteiger partial charge on any atom is -0.504 e. The first-order chi connectivity index (χ1) is 15.8. The van der Waals surface area contributed by atoms with Crippen LogP contribution in [0.1, 0.15) is 37.8 Å². The van der Waals surface area contributed by atoms with Gasteiger partial charge in [-0.2, -0.15) is 0 Å². The molecule has 1 atom stereocenters. The van der Waals surface area contributed by atoms with Crippen LogP contribution in [0.4, 0.5) is 5.69 Å². The fourth-order valence-electron chi connectivity index (χ4n) is 5.04.